The van der Waals surface area contributed by atoms with E-state index in [1.54, 1.807) is 23.6 Å². The maximum absolute atomic E-state index is 12.0. The third-order valence-electron chi connectivity index (χ3n) is 3.63. The smallest absolute Gasteiger partial charge is 0.378 e. The van der Waals surface area contributed by atoms with E-state index < -0.39 is 47.7 Å². The molecule has 0 amide bonds. The number of aromatic nitrogens is 1. The van der Waals surface area contributed by atoms with Gasteiger partial charge in [0.05, 0.1) is 12.7 Å². The second kappa shape index (κ2) is 12.8. The summed E-state index contributed by atoms with van der Waals surface area (Å²) in [5.74, 6) is 0. The molecule has 2 rings (SSSR count). The Morgan fingerprint density at radius 3 is 2.56 bits per heavy atom. The van der Waals surface area contributed by atoms with Gasteiger partial charge in [0, 0.05) is 24.0 Å². The zero-order valence-electron chi connectivity index (χ0n) is 16.1. The molecule has 0 spiro atoms. The van der Waals surface area contributed by atoms with Crippen molar-refractivity contribution >= 4 is 72.6 Å². The van der Waals surface area contributed by atoms with Crippen LogP contribution in [0, 0.1) is 0 Å². The van der Waals surface area contributed by atoms with Gasteiger partial charge in [-0.15, -0.1) is 0 Å². The van der Waals surface area contributed by atoms with E-state index in [4.69, 9.17) is 23.8 Å². The number of phosphoric ester groups is 1. The Morgan fingerprint density at radius 2 is 2.00 bits per heavy atom. The summed E-state index contributed by atoms with van der Waals surface area (Å²) >= 11 is 1.99. The molecule has 1 saturated heterocycles. The van der Waals surface area contributed by atoms with Crippen LogP contribution in [0.5, 0.6) is 0 Å². The first-order valence-electron chi connectivity index (χ1n) is 8.46. The van der Waals surface area contributed by atoms with Gasteiger partial charge in [-0.25, -0.2) is 13.7 Å². The molecule has 1 radical (unpaired) electrons. The number of nitrogens with zero attached hydrogens (tertiary/aromatic N) is 1. The van der Waals surface area contributed by atoms with Crippen LogP contribution in [0.3, 0.4) is 0 Å². The summed E-state index contributed by atoms with van der Waals surface area (Å²) in [6.45, 7) is -0.584. The highest BCUT2D eigenvalue weighted by Crippen LogP contribution is 2.66. The Labute approximate surface area is 205 Å². The lowest BCUT2D eigenvalue weighted by Crippen LogP contribution is -2.29. The fraction of sp³-hybridized carbons (Fsp3) is 0.583. The largest absolute Gasteiger partial charge is 0.490 e. The molecular formula is C12H19BINO12P3S2. The monoisotopic (exact) mass is 664 g/mol. The number of halogens is 1. The lowest BCUT2D eigenvalue weighted by molar-refractivity contribution is -0.0447. The van der Waals surface area contributed by atoms with E-state index in [9.17, 15) is 23.5 Å². The number of ether oxygens (including phenoxy) is 2. The van der Waals surface area contributed by atoms with Gasteiger partial charge in [-0.1, -0.05) is 27.7 Å². The highest BCUT2D eigenvalue weighted by Gasteiger charge is 2.43. The lowest BCUT2D eigenvalue weighted by Gasteiger charge is -2.25. The van der Waals surface area contributed by atoms with E-state index in [0.717, 1.165) is 5.56 Å². The van der Waals surface area contributed by atoms with E-state index in [1.165, 1.54) is 21.6 Å². The van der Waals surface area contributed by atoms with Crippen LogP contribution in [0.1, 0.15) is 17.4 Å². The molecule has 6 atom stereocenters. The molecule has 6 unspecified atom stereocenters. The van der Waals surface area contributed by atoms with Crippen molar-refractivity contribution in [2.75, 3.05) is 12.9 Å². The number of hydrogen-bond donors (Lipinski definition) is 4. The number of hydrogen-bond acceptors (Lipinski definition) is 11. The first kappa shape index (κ1) is 29.2. The lowest BCUT2D eigenvalue weighted by atomic mass is 9.96. The van der Waals surface area contributed by atoms with Gasteiger partial charge in [-0.05, 0) is 18.7 Å². The molecule has 181 valence electrons. The summed E-state index contributed by atoms with van der Waals surface area (Å²) in [6.07, 6.45) is 4.08. The van der Waals surface area contributed by atoms with Gasteiger partial charge in [-0.2, -0.15) is 31.0 Å². The molecule has 1 aliphatic heterocycles. The molecule has 20 heteroatoms. The Balaban J connectivity index is 2.05. The van der Waals surface area contributed by atoms with Crippen LogP contribution in [0.4, 0.5) is 0 Å². The molecule has 0 saturated carbocycles. The van der Waals surface area contributed by atoms with Gasteiger partial charge < -0.3 is 29.0 Å². The highest BCUT2D eigenvalue weighted by atomic mass is 127. The van der Waals surface area contributed by atoms with E-state index in [1.807, 2.05) is 34.7 Å². The quantitative estimate of drug-likeness (QED) is 0.0791. The number of phosphoric acid groups is 3. The van der Waals surface area contributed by atoms with Crippen molar-refractivity contribution in [3.05, 3.63) is 30.1 Å². The average Bonchev–Trinajstić information content (AvgIpc) is 3.06. The zero-order chi connectivity index (χ0) is 24.0. The molecule has 0 aromatic carbocycles. The summed E-state index contributed by atoms with van der Waals surface area (Å²) in [6, 6.07) is 3.23. The van der Waals surface area contributed by atoms with E-state index >= 15 is 0 Å². The minimum Gasteiger partial charge on any atom is -0.378 e. The Morgan fingerprint density at radius 1 is 1.28 bits per heavy atom. The van der Waals surface area contributed by atoms with Crippen molar-refractivity contribution in [1.82, 2.24) is 4.98 Å². The van der Waals surface area contributed by atoms with E-state index in [0.29, 0.717) is 6.42 Å². The molecule has 2 heterocycles. The normalized spacial score (nSPS) is 26.2. The fourth-order valence-corrected chi connectivity index (χ4v) is 7.61. The number of rotatable bonds is 13. The van der Waals surface area contributed by atoms with Crippen molar-refractivity contribution in [2.45, 2.75) is 30.1 Å². The second-order valence-electron chi connectivity index (χ2n) is 6.02. The van der Waals surface area contributed by atoms with Gasteiger partial charge >= 0.3 is 23.5 Å². The third-order valence-corrected chi connectivity index (χ3v) is 10.1. The van der Waals surface area contributed by atoms with Crippen molar-refractivity contribution in [3.63, 3.8) is 0 Å². The Bertz CT molecular complexity index is 884. The van der Waals surface area contributed by atoms with Gasteiger partial charge in [0.15, 0.2) is 0 Å². The topological polar surface area (TPSA) is 191 Å². The molecule has 4 N–H and O–H groups in total. The van der Waals surface area contributed by atoms with Crippen LogP contribution in [-0.2, 0) is 36.3 Å². The van der Waals surface area contributed by atoms with E-state index in [-0.39, 0.29) is 6.00 Å². The average molecular weight is 664 g/mol. The van der Waals surface area contributed by atoms with Crippen molar-refractivity contribution in [1.29, 1.82) is 0 Å². The molecule has 13 nitrogen and oxygen atoms in total. The minimum atomic E-state index is -5.60. The number of pyridine rings is 1. The zero-order valence-corrected chi connectivity index (χ0v) is 22.6. The first-order chi connectivity index (χ1) is 14.8. The predicted octanol–water partition coefficient (Wildman–Crippen LogP) is 2.99. The molecular weight excluding hydrogens is 645 g/mol. The van der Waals surface area contributed by atoms with Crippen molar-refractivity contribution < 1.29 is 55.9 Å². The Hall–Kier alpha value is 0.975. The maximum atomic E-state index is 12.0. The van der Waals surface area contributed by atoms with Crippen molar-refractivity contribution in [3.8, 4) is 0 Å². The molecule has 0 aliphatic carbocycles. The van der Waals surface area contributed by atoms with E-state index in [2.05, 4.69) is 13.6 Å². The molecule has 32 heavy (non-hydrogen) atoms. The predicted molar refractivity (Wildman–Crippen MR) is 126 cm³/mol. The molecule has 0 bridgehead atoms. The summed E-state index contributed by atoms with van der Waals surface area (Å²) in [4.78, 5) is 40.2. The first-order valence-corrected chi connectivity index (χ1v) is 16.8. The van der Waals surface area contributed by atoms with Crippen LogP contribution >= 0.6 is 67.4 Å². The highest BCUT2D eigenvalue weighted by molar-refractivity contribution is 14.1. The second-order valence-corrected chi connectivity index (χ2v) is 13.7. The van der Waals surface area contributed by atoms with Crippen LogP contribution < -0.4 is 0 Å². The van der Waals surface area contributed by atoms with Gasteiger partial charge in [0.25, 0.3) is 0 Å². The van der Waals surface area contributed by atoms with Gasteiger partial charge in [0.2, 0.25) is 5.14 Å². The summed E-state index contributed by atoms with van der Waals surface area (Å²) in [5.41, 5.74) is 0.356. The van der Waals surface area contributed by atoms with Gasteiger partial charge in [-0.3, -0.25) is 9.51 Å². The summed E-state index contributed by atoms with van der Waals surface area (Å²) < 4.78 is 58.2. The maximum Gasteiger partial charge on any atom is 0.490 e. The van der Waals surface area contributed by atoms with Crippen LogP contribution in [0.2, 0.25) is 0 Å². The molecule has 1 aromatic heterocycles. The fourth-order valence-electron chi connectivity index (χ4n) is 2.51. The van der Waals surface area contributed by atoms with Crippen LogP contribution in [0.25, 0.3) is 0 Å². The summed E-state index contributed by atoms with van der Waals surface area (Å²) in [5, 5.41) is 1.74. The van der Waals surface area contributed by atoms with Crippen molar-refractivity contribution in [2.24, 2.45) is 0 Å². The Kier molecular flexibility index (Phi) is 11.7. The third kappa shape index (κ3) is 10.3. The molecule has 1 fully saturated rings. The van der Waals surface area contributed by atoms with Crippen LogP contribution in [-0.4, -0.2) is 60.8 Å². The standard InChI is InChI=1S/C12H19BINO12P3S2/c1-31-32-12(8-3-2-4-15-6-8)25-9-5-11(13-14)24-10(9)7-23-29(19,20)27-30(21,22)26-28(16,17)18/h2-4,6,9-12H,5,7H2,1H3,(H,19,20)(H,21,22)(H2,16,17,18). The molecule has 1 aliphatic rings. The van der Waals surface area contributed by atoms with Gasteiger partial charge in [0.1, 0.15) is 11.5 Å². The molecule has 1 aromatic rings. The summed E-state index contributed by atoms with van der Waals surface area (Å²) in [7, 11) is -13.4. The van der Waals surface area contributed by atoms with Crippen LogP contribution in [0.15, 0.2) is 24.5 Å². The minimum absolute atomic E-state index is 0.357. The SMILES string of the molecule is CSSC(OC1CC([B]I)OC1COP(=O)(O)OP(=O)(O)OP(=O)(O)O)c1cccnc1.